The monoisotopic (exact) mass is 249 g/mol. The number of nitrogens with zero attached hydrogens (tertiary/aromatic N) is 2. The number of aryl methyl sites for hydroxylation is 1. The molecule has 18 heavy (non-hydrogen) atoms. The van der Waals surface area contributed by atoms with Crippen molar-refractivity contribution < 1.29 is 9.53 Å². The number of nitrogens with one attached hydrogen (secondary N) is 1. The van der Waals surface area contributed by atoms with Gasteiger partial charge in [-0.1, -0.05) is 12.8 Å². The van der Waals surface area contributed by atoms with E-state index in [0.29, 0.717) is 18.8 Å². The smallest absolute Gasteiger partial charge is 0.274 e. The van der Waals surface area contributed by atoms with E-state index in [2.05, 4.69) is 10.2 Å². The molecular formula is C13H19N3O2. The Bertz CT molecular complexity index is 441. The Kier molecular flexibility index (Phi) is 3.07. The summed E-state index contributed by atoms with van der Waals surface area (Å²) in [6.07, 6.45) is 4.77. The Labute approximate surface area is 107 Å². The first-order valence-corrected chi connectivity index (χ1v) is 6.70. The zero-order valence-electron chi connectivity index (χ0n) is 10.7. The van der Waals surface area contributed by atoms with Gasteiger partial charge in [-0.15, -0.1) is 0 Å². The zero-order valence-corrected chi connectivity index (χ0v) is 10.7. The van der Waals surface area contributed by atoms with Crippen molar-refractivity contribution >= 4 is 5.91 Å². The molecule has 3 rings (SSSR count). The Hall–Kier alpha value is -1.36. The molecule has 1 aromatic rings. The minimum absolute atomic E-state index is 0.0413. The molecule has 0 aromatic carbocycles. The number of H-pyrrole nitrogens is 1. The molecule has 1 saturated carbocycles. The van der Waals surface area contributed by atoms with Crippen LogP contribution in [0.2, 0.25) is 0 Å². The first-order chi connectivity index (χ1) is 8.75. The number of hydrogen-bond acceptors (Lipinski definition) is 3. The minimum Gasteiger partial charge on any atom is -0.374 e. The fraction of sp³-hybridized carbons (Fsp3) is 0.692. The Morgan fingerprint density at radius 3 is 3.11 bits per heavy atom. The second-order valence-corrected chi connectivity index (χ2v) is 5.20. The summed E-state index contributed by atoms with van der Waals surface area (Å²) >= 11 is 0. The topological polar surface area (TPSA) is 58.2 Å². The van der Waals surface area contributed by atoms with Gasteiger partial charge in [0.1, 0.15) is 5.69 Å². The molecule has 98 valence electrons. The molecule has 5 nitrogen and oxygen atoms in total. The van der Waals surface area contributed by atoms with E-state index < -0.39 is 0 Å². The highest BCUT2D eigenvalue weighted by Crippen LogP contribution is 2.29. The number of carbonyl (C=O) groups excluding carboxylic acids is 1. The highest BCUT2D eigenvalue weighted by molar-refractivity contribution is 5.92. The maximum Gasteiger partial charge on any atom is 0.274 e. The van der Waals surface area contributed by atoms with Gasteiger partial charge < -0.3 is 9.64 Å². The number of morpholine rings is 1. The normalized spacial score (nSPS) is 27.9. The summed E-state index contributed by atoms with van der Waals surface area (Å²) < 4.78 is 5.78. The molecule has 2 heterocycles. The number of hydrogen-bond donors (Lipinski definition) is 1. The van der Waals surface area contributed by atoms with Crippen LogP contribution in [0, 0.1) is 6.92 Å². The standard InChI is InChI=1S/C13H19N3O2/c1-9-8-10(15-14-9)13(17)16-6-7-18-12-5-3-2-4-11(12)16/h8,11-12H,2-7H2,1H3,(H,14,15)/t11-,12+/m1/s1. The van der Waals surface area contributed by atoms with E-state index in [1.54, 1.807) is 0 Å². The molecule has 1 amide bonds. The third kappa shape index (κ3) is 2.03. The summed E-state index contributed by atoms with van der Waals surface area (Å²) in [6.45, 7) is 3.24. The Morgan fingerprint density at radius 2 is 2.33 bits per heavy atom. The van der Waals surface area contributed by atoms with E-state index >= 15 is 0 Å². The van der Waals surface area contributed by atoms with Gasteiger partial charge in [0.05, 0.1) is 18.8 Å². The summed E-state index contributed by atoms with van der Waals surface area (Å²) in [7, 11) is 0. The van der Waals surface area contributed by atoms with Crippen molar-refractivity contribution in [2.75, 3.05) is 13.2 Å². The van der Waals surface area contributed by atoms with Crippen LogP contribution in [0.3, 0.4) is 0 Å². The van der Waals surface area contributed by atoms with Crippen molar-refractivity contribution in [2.24, 2.45) is 0 Å². The first-order valence-electron chi connectivity index (χ1n) is 6.70. The highest BCUT2D eigenvalue weighted by atomic mass is 16.5. The maximum atomic E-state index is 12.5. The predicted molar refractivity (Wildman–Crippen MR) is 66.4 cm³/mol. The molecule has 1 saturated heterocycles. The fourth-order valence-electron chi connectivity index (χ4n) is 3.02. The molecule has 2 aliphatic rings. The molecule has 1 aliphatic heterocycles. The molecular weight excluding hydrogens is 230 g/mol. The Balaban J connectivity index is 1.79. The van der Waals surface area contributed by atoms with Gasteiger partial charge in [0.15, 0.2) is 0 Å². The van der Waals surface area contributed by atoms with Crippen molar-refractivity contribution in [3.8, 4) is 0 Å². The van der Waals surface area contributed by atoms with Gasteiger partial charge in [0, 0.05) is 12.2 Å². The van der Waals surface area contributed by atoms with Gasteiger partial charge in [-0.3, -0.25) is 9.89 Å². The van der Waals surface area contributed by atoms with Crippen molar-refractivity contribution in [2.45, 2.75) is 44.8 Å². The molecule has 0 radical (unpaired) electrons. The van der Waals surface area contributed by atoms with E-state index in [4.69, 9.17) is 4.74 Å². The lowest BCUT2D eigenvalue weighted by atomic mass is 9.90. The molecule has 1 N–H and O–H groups in total. The maximum absolute atomic E-state index is 12.5. The second-order valence-electron chi connectivity index (χ2n) is 5.20. The van der Waals surface area contributed by atoms with Crippen LogP contribution >= 0.6 is 0 Å². The number of amides is 1. The van der Waals surface area contributed by atoms with Crippen LogP contribution in [-0.4, -0.2) is 46.3 Å². The van der Waals surface area contributed by atoms with Gasteiger partial charge in [0.25, 0.3) is 5.91 Å². The highest BCUT2D eigenvalue weighted by Gasteiger charge is 2.37. The number of ether oxygens (including phenoxy) is 1. The van der Waals surface area contributed by atoms with Gasteiger partial charge in [-0.25, -0.2) is 0 Å². The molecule has 2 atom stereocenters. The van der Waals surface area contributed by atoms with Gasteiger partial charge in [0.2, 0.25) is 0 Å². The lowest BCUT2D eigenvalue weighted by molar-refractivity contribution is -0.0754. The second kappa shape index (κ2) is 4.72. The molecule has 5 heteroatoms. The van der Waals surface area contributed by atoms with E-state index in [0.717, 1.165) is 18.5 Å². The van der Waals surface area contributed by atoms with Crippen LogP contribution in [0.5, 0.6) is 0 Å². The van der Waals surface area contributed by atoms with Crippen molar-refractivity contribution in [3.63, 3.8) is 0 Å². The number of fused-ring (bicyclic) bond motifs is 1. The van der Waals surface area contributed by atoms with Crippen LogP contribution in [0.4, 0.5) is 0 Å². The van der Waals surface area contributed by atoms with Gasteiger partial charge in [-0.2, -0.15) is 5.10 Å². The van der Waals surface area contributed by atoms with Gasteiger partial charge in [-0.05, 0) is 25.8 Å². The van der Waals surface area contributed by atoms with E-state index in [9.17, 15) is 4.79 Å². The largest absolute Gasteiger partial charge is 0.374 e. The van der Waals surface area contributed by atoms with Crippen molar-refractivity contribution in [1.29, 1.82) is 0 Å². The van der Waals surface area contributed by atoms with Crippen LogP contribution in [0.1, 0.15) is 41.9 Å². The van der Waals surface area contributed by atoms with Crippen LogP contribution in [-0.2, 0) is 4.74 Å². The SMILES string of the molecule is Cc1cc(C(=O)N2CCO[C@H]3CCCC[C@H]32)n[nH]1. The third-order valence-corrected chi connectivity index (χ3v) is 3.92. The third-order valence-electron chi connectivity index (χ3n) is 3.92. The molecule has 1 aliphatic carbocycles. The molecule has 2 fully saturated rings. The number of carbonyl (C=O) groups is 1. The van der Waals surface area contributed by atoms with E-state index in [1.807, 2.05) is 17.9 Å². The summed E-state index contributed by atoms with van der Waals surface area (Å²) in [5.41, 5.74) is 1.45. The lowest BCUT2D eigenvalue weighted by Crippen LogP contribution is -2.54. The first kappa shape index (κ1) is 11.7. The molecule has 1 aromatic heterocycles. The average Bonchev–Trinajstić information content (AvgIpc) is 2.84. The quantitative estimate of drug-likeness (QED) is 0.820. The van der Waals surface area contributed by atoms with Crippen LogP contribution in [0.25, 0.3) is 0 Å². The number of aromatic amines is 1. The van der Waals surface area contributed by atoms with Crippen LogP contribution < -0.4 is 0 Å². The fourth-order valence-corrected chi connectivity index (χ4v) is 3.02. The summed E-state index contributed by atoms with van der Waals surface area (Å²) in [6, 6.07) is 2.06. The van der Waals surface area contributed by atoms with Crippen molar-refractivity contribution in [1.82, 2.24) is 15.1 Å². The Morgan fingerprint density at radius 1 is 1.50 bits per heavy atom. The number of aromatic nitrogens is 2. The minimum atomic E-state index is 0.0413. The van der Waals surface area contributed by atoms with Crippen molar-refractivity contribution in [3.05, 3.63) is 17.5 Å². The molecule has 0 unspecified atom stereocenters. The predicted octanol–water partition coefficient (Wildman–Crippen LogP) is 1.50. The molecule has 0 spiro atoms. The molecule has 0 bridgehead atoms. The summed E-state index contributed by atoms with van der Waals surface area (Å²) in [4.78, 5) is 14.4. The van der Waals surface area contributed by atoms with Crippen LogP contribution in [0.15, 0.2) is 6.07 Å². The summed E-state index contributed by atoms with van der Waals surface area (Å²) in [5, 5.41) is 6.90. The summed E-state index contributed by atoms with van der Waals surface area (Å²) in [5.74, 6) is 0.0413. The van der Waals surface area contributed by atoms with E-state index in [1.165, 1.54) is 12.8 Å². The van der Waals surface area contributed by atoms with E-state index in [-0.39, 0.29) is 18.1 Å². The zero-order chi connectivity index (χ0) is 12.5. The number of rotatable bonds is 1. The average molecular weight is 249 g/mol. The van der Waals surface area contributed by atoms with Gasteiger partial charge >= 0.3 is 0 Å². The lowest BCUT2D eigenvalue weighted by Gasteiger charge is -2.43.